The fraction of sp³-hybridized carbons (Fsp3) is 0.250. The van der Waals surface area contributed by atoms with Crippen LogP contribution in [0.4, 0.5) is 0 Å². The number of benzene rings is 2. The van der Waals surface area contributed by atoms with E-state index in [1.807, 2.05) is 55.5 Å². The summed E-state index contributed by atoms with van der Waals surface area (Å²) in [6.45, 7) is 2.95. The van der Waals surface area contributed by atoms with Gasteiger partial charge in [0.1, 0.15) is 17.2 Å². The third kappa shape index (κ3) is 6.81. The van der Waals surface area contributed by atoms with Crippen LogP contribution in [0.25, 0.3) is 0 Å². The van der Waals surface area contributed by atoms with Gasteiger partial charge in [-0.15, -0.1) is 0 Å². The Morgan fingerprint density at radius 3 is 2.57 bits per heavy atom. The van der Waals surface area contributed by atoms with Crippen molar-refractivity contribution in [2.45, 2.75) is 26.3 Å². The summed E-state index contributed by atoms with van der Waals surface area (Å²) in [4.78, 5) is 16.3. The van der Waals surface area contributed by atoms with E-state index in [0.717, 1.165) is 22.6 Å². The van der Waals surface area contributed by atoms with Crippen molar-refractivity contribution in [3.63, 3.8) is 0 Å². The van der Waals surface area contributed by atoms with E-state index in [-0.39, 0.29) is 5.91 Å². The molecule has 0 aliphatic rings. The first-order chi connectivity index (χ1) is 14.6. The standard InChI is InChI=1S/C24H26N2O4/c1-18-6-3-8-21(14-18)29-13-5-10-23(27)25-16-19-11-12-24(26-17-19)30-22-9-4-7-20(15-22)28-2/h3-4,6-9,11-12,14-15,17H,5,10,13,16H2,1-2H3,(H,25,27). The smallest absolute Gasteiger partial charge is 0.220 e. The van der Waals surface area contributed by atoms with E-state index < -0.39 is 0 Å². The predicted octanol–water partition coefficient (Wildman–Crippen LogP) is 4.67. The topological polar surface area (TPSA) is 69.7 Å². The number of aryl methyl sites for hydroxylation is 1. The highest BCUT2D eigenvalue weighted by Crippen LogP contribution is 2.23. The van der Waals surface area contributed by atoms with Gasteiger partial charge in [0, 0.05) is 31.3 Å². The number of carbonyl (C=O) groups is 1. The second-order valence-electron chi connectivity index (χ2n) is 6.83. The first-order valence-corrected chi connectivity index (χ1v) is 9.85. The number of nitrogens with one attached hydrogen (secondary N) is 1. The molecule has 1 amide bonds. The first kappa shape index (κ1) is 21.2. The van der Waals surface area contributed by atoms with E-state index in [9.17, 15) is 4.79 Å². The van der Waals surface area contributed by atoms with Gasteiger partial charge in [0.25, 0.3) is 0 Å². The van der Waals surface area contributed by atoms with Crippen LogP contribution in [0.1, 0.15) is 24.0 Å². The summed E-state index contributed by atoms with van der Waals surface area (Å²) in [7, 11) is 1.61. The maximum Gasteiger partial charge on any atom is 0.220 e. The number of aromatic nitrogens is 1. The largest absolute Gasteiger partial charge is 0.497 e. The highest BCUT2D eigenvalue weighted by atomic mass is 16.5. The molecule has 0 fully saturated rings. The van der Waals surface area contributed by atoms with Crippen LogP contribution in [0.3, 0.4) is 0 Å². The molecule has 3 aromatic rings. The number of hydrogen-bond acceptors (Lipinski definition) is 5. The molecular formula is C24H26N2O4. The number of amides is 1. The van der Waals surface area contributed by atoms with E-state index >= 15 is 0 Å². The van der Waals surface area contributed by atoms with Gasteiger partial charge in [-0.05, 0) is 48.7 Å². The van der Waals surface area contributed by atoms with Crippen molar-refractivity contribution in [2.75, 3.05) is 13.7 Å². The zero-order chi connectivity index (χ0) is 21.2. The van der Waals surface area contributed by atoms with Gasteiger partial charge in [0.15, 0.2) is 0 Å². The molecule has 0 aliphatic heterocycles. The molecule has 1 N–H and O–H groups in total. The Hall–Kier alpha value is -3.54. The molecule has 0 saturated carbocycles. The quantitative estimate of drug-likeness (QED) is 0.496. The SMILES string of the molecule is COc1cccc(Oc2ccc(CNC(=O)CCCOc3cccc(C)c3)cn2)c1. The Morgan fingerprint density at radius 1 is 1.00 bits per heavy atom. The minimum Gasteiger partial charge on any atom is -0.497 e. The lowest BCUT2D eigenvalue weighted by molar-refractivity contribution is -0.121. The van der Waals surface area contributed by atoms with Gasteiger partial charge in [-0.3, -0.25) is 4.79 Å². The Balaban J connectivity index is 1.37. The molecule has 0 bridgehead atoms. The minimum atomic E-state index is -0.0143. The lowest BCUT2D eigenvalue weighted by Gasteiger charge is -2.09. The van der Waals surface area contributed by atoms with Crippen LogP contribution in [0.5, 0.6) is 23.1 Å². The molecule has 2 aromatic carbocycles. The van der Waals surface area contributed by atoms with Crippen molar-refractivity contribution in [1.29, 1.82) is 0 Å². The minimum absolute atomic E-state index is 0.0143. The van der Waals surface area contributed by atoms with Crippen LogP contribution in [-0.2, 0) is 11.3 Å². The Bertz CT molecular complexity index is 957. The molecule has 6 heteroatoms. The molecule has 3 rings (SSSR count). The summed E-state index contributed by atoms with van der Waals surface area (Å²) >= 11 is 0. The summed E-state index contributed by atoms with van der Waals surface area (Å²) in [5.41, 5.74) is 2.05. The maximum absolute atomic E-state index is 12.0. The summed E-state index contributed by atoms with van der Waals surface area (Å²) in [6, 6.07) is 18.9. The second kappa shape index (κ2) is 10.9. The van der Waals surface area contributed by atoms with Gasteiger partial charge in [-0.25, -0.2) is 4.98 Å². The van der Waals surface area contributed by atoms with Crippen molar-refractivity contribution >= 4 is 5.91 Å². The molecule has 0 aliphatic carbocycles. The average Bonchev–Trinajstić information content (AvgIpc) is 2.76. The maximum atomic E-state index is 12.0. The molecule has 6 nitrogen and oxygen atoms in total. The normalized spacial score (nSPS) is 10.3. The van der Waals surface area contributed by atoms with Crippen molar-refractivity contribution in [3.8, 4) is 23.1 Å². The monoisotopic (exact) mass is 406 g/mol. The first-order valence-electron chi connectivity index (χ1n) is 9.85. The summed E-state index contributed by atoms with van der Waals surface area (Å²) in [5.74, 6) is 2.66. The van der Waals surface area contributed by atoms with Crippen molar-refractivity contribution in [1.82, 2.24) is 10.3 Å². The molecule has 0 atom stereocenters. The van der Waals surface area contributed by atoms with Gasteiger partial charge in [0.05, 0.1) is 13.7 Å². The Morgan fingerprint density at radius 2 is 1.80 bits per heavy atom. The Kier molecular flexibility index (Phi) is 7.66. The number of hydrogen-bond donors (Lipinski definition) is 1. The molecule has 0 spiro atoms. The molecular weight excluding hydrogens is 380 g/mol. The molecule has 0 saturated heterocycles. The van der Waals surface area contributed by atoms with Gasteiger partial charge in [0.2, 0.25) is 11.8 Å². The molecule has 0 radical (unpaired) electrons. The van der Waals surface area contributed by atoms with Crippen molar-refractivity contribution in [3.05, 3.63) is 78.0 Å². The van der Waals surface area contributed by atoms with Gasteiger partial charge >= 0.3 is 0 Å². The third-order valence-electron chi connectivity index (χ3n) is 4.36. The van der Waals surface area contributed by atoms with Crippen molar-refractivity contribution in [2.24, 2.45) is 0 Å². The second-order valence-corrected chi connectivity index (χ2v) is 6.83. The van der Waals surface area contributed by atoms with E-state index in [2.05, 4.69) is 10.3 Å². The van der Waals surface area contributed by atoms with E-state index in [1.54, 1.807) is 25.4 Å². The van der Waals surface area contributed by atoms with Crippen LogP contribution in [0.2, 0.25) is 0 Å². The van der Waals surface area contributed by atoms with Gasteiger partial charge < -0.3 is 19.5 Å². The lowest BCUT2D eigenvalue weighted by Crippen LogP contribution is -2.23. The average molecular weight is 406 g/mol. The van der Waals surface area contributed by atoms with Gasteiger partial charge in [-0.1, -0.05) is 24.3 Å². The molecule has 1 heterocycles. The van der Waals surface area contributed by atoms with Crippen LogP contribution < -0.4 is 19.5 Å². The fourth-order valence-electron chi connectivity index (χ4n) is 2.78. The number of ether oxygens (including phenoxy) is 3. The molecule has 30 heavy (non-hydrogen) atoms. The number of pyridine rings is 1. The number of nitrogens with zero attached hydrogens (tertiary/aromatic N) is 1. The van der Waals surface area contributed by atoms with Crippen molar-refractivity contribution < 1.29 is 19.0 Å². The van der Waals surface area contributed by atoms with Crippen LogP contribution >= 0.6 is 0 Å². The van der Waals surface area contributed by atoms with E-state index in [4.69, 9.17) is 14.2 Å². The predicted molar refractivity (Wildman–Crippen MR) is 115 cm³/mol. The van der Waals surface area contributed by atoms with Crippen LogP contribution in [0, 0.1) is 6.92 Å². The molecule has 156 valence electrons. The zero-order valence-corrected chi connectivity index (χ0v) is 17.3. The number of rotatable bonds is 10. The lowest BCUT2D eigenvalue weighted by atomic mass is 10.2. The van der Waals surface area contributed by atoms with Crippen LogP contribution in [0.15, 0.2) is 66.9 Å². The van der Waals surface area contributed by atoms with E-state index in [1.165, 1.54) is 0 Å². The van der Waals surface area contributed by atoms with E-state index in [0.29, 0.717) is 37.6 Å². The fourth-order valence-corrected chi connectivity index (χ4v) is 2.78. The van der Waals surface area contributed by atoms with Crippen LogP contribution in [-0.4, -0.2) is 24.6 Å². The number of methoxy groups -OCH3 is 1. The Labute approximate surface area is 176 Å². The van der Waals surface area contributed by atoms with Gasteiger partial charge in [-0.2, -0.15) is 0 Å². The highest BCUT2D eigenvalue weighted by molar-refractivity contribution is 5.75. The molecule has 0 unspecified atom stereocenters. The number of carbonyl (C=O) groups excluding carboxylic acids is 1. The highest BCUT2D eigenvalue weighted by Gasteiger charge is 2.04. The molecule has 1 aromatic heterocycles. The third-order valence-corrected chi connectivity index (χ3v) is 4.36. The summed E-state index contributed by atoms with van der Waals surface area (Å²) in [6.07, 6.45) is 2.76. The summed E-state index contributed by atoms with van der Waals surface area (Å²) in [5, 5.41) is 2.90. The zero-order valence-electron chi connectivity index (χ0n) is 17.3. The summed E-state index contributed by atoms with van der Waals surface area (Å²) < 4.78 is 16.6.